The Kier molecular flexibility index (Phi) is 4.20. The fourth-order valence-electron chi connectivity index (χ4n) is 2.60. The third-order valence-electron chi connectivity index (χ3n) is 4.09. The van der Waals surface area contributed by atoms with Crippen molar-refractivity contribution in [2.24, 2.45) is 0 Å². The number of halogens is 1. The van der Waals surface area contributed by atoms with Gasteiger partial charge in [-0.2, -0.15) is 5.10 Å². The van der Waals surface area contributed by atoms with Gasteiger partial charge in [0.05, 0.1) is 11.4 Å². The molecule has 8 heteroatoms. The normalized spacial score (nSPS) is 13.8. The van der Waals surface area contributed by atoms with E-state index < -0.39 is 5.97 Å². The van der Waals surface area contributed by atoms with E-state index in [1.807, 2.05) is 6.92 Å². The van der Waals surface area contributed by atoms with Crippen LogP contribution < -0.4 is 5.32 Å². The number of fused-ring (bicyclic) bond motifs is 1. The molecule has 6 nitrogen and oxygen atoms in total. The number of nitrogens with zero attached hydrogens (tertiary/aromatic N) is 2. The van der Waals surface area contributed by atoms with Crippen LogP contribution in [-0.4, -0.2) is 34.3 Å². The van der Waals surface area contributed by atoms with Crippen molar-refractivity contribution in [3.63, 3.8) is 0 Å². The van der Waals surface area contributed by atoms with E-state index in [9.17, 15) is 14.0 Å². The van der Waals surface area contributed by atoms with E-state index in [0.717, 1.165) is 28.8 Å². The Morgan fingerprint density at radius 3 is 2.77 bits per heavy atom. The predicted octanol–water partition coefficient (Wildman–Crippen LogP) is 2.97. The van der Waals surface area contributed by atoms with E-state index in [1.165, 1.54) is 23.5 Å². The number of thiophene rings is 1. The van der Waals surface area contributed by atoms with Gasteiger partial charge in [0.15, 0.2) is 6.61 Å². The number of carbonyl (C=O) groups excluding carboxylic acids is 2. The molecule has 26 heavy (non-hydrogen) atoms. The van der Waals surface area contributed by atoms with Gasteiger partial charge >= 0.3 is 5.97 Å². The van der Waals surface area contributed by atoms with Crippen LogP contribution in [0.25, 0.3) is 15.9 Å². The number of hydrogen-bond acceptors (Lipinski definition) is 5. The molecule has 134 valence electrons. The molecule has 0 aliphatic heterocycles. The zero-order valence-electron chi connectivity index (χ0n) is 14.0. The van der Waals surface area contributed by atoms with Gasteiger partial charge in [-0.15, -0.1) is 11.3 Å². The second kappa shape index (κ2) is 6.53. The third-order valence-corrected chi connectivity index (χ3v) is 5.18. The summed E-state index contributed by atoms with van der Waals surface area (Å²) in [5.74, 6) is -1.15. The van der Waals surface area contributed by atoms with Crippen molar-refractivity contribution in [2.45, 2.75) is 25.8 Å². The van der Waals surface area contributed by atoms with Gasteiger partial charge in [-0.25, -0.2) is 13.9 Å². The Balaban J connectivity index is 1.55. The summed E-state index contributed by atoms with van der Waals surface area (Å²) in [6.07, 6.45) is 1.96. The first-order chi connectivity index (χ1) is 12.5. The maximum absolute atomic E-state index is 13.1. The van der Waals surface area contributed by atoms with Crippen molar-refractivity contribution in [3.05, 3.63) is 46.7 Å². The lowest BCUT2D eigenvalue weighted by Crippen LogP contribution is -2.30. The fraction of sp³-hybridized carbons (Fsp3) is 0.278. The molecule has 3 aromatic rings. The molecule has 1 N–H and O–H groups in total. The van der Waals surface area contributed by atoms with Gasteiger partial charge in [-0.05, 0) is 50.1 Å². The van der Waals surface area contributed by atoms with E-state index in [-0.39, 0.29) is 24.4 Å². The monoisotopic (exact) mass is 373 g/mol. The van der Waals surface area contributed by atoms with Crippen LogP contribution in [0.2, 0.25) is 0 Å². The minimum atomic E-state index is -0.540. The summed E-state index contributed by atoms with van der Waals surface area (Å²) in [6.45, 7) is 1.56. The highest BCUT2D eigenvalue weighted by atomic mass is 32.1. The number of rotatable bonds is 5. The number of nitrogens with one attached hydrogen (secondary N) is 1. The minimum Gasteiger partial charge on any atom is -0.451 e. The Hall–Kier alpha value is -2.74. The molecule has 0 radical (unpaired) electrons. The van der Waals surface area contributed by atoms with Gasteiger partial charge in [0.25, 0.3) is 5.91 Å². The van der Waals surface area contributed by atoms with Crippen LogP contribution in [-0.2, 0) is 9.53 Å². The van der Waals surface area contributed by atoms with Gasteiger partial charge in [-0.3, -0.25) is 4.79 Å². The quantitative estimate of drug-likeness (QED) is 0.698. The van der Waals surface area contributed by atoms with Gasteiger partial charge in [-0.1, -0.05) is 0 Å². The van der Waals surface area contributed by atoms with E-state index in [2.05, 4.69) is 10.4 Å². The summed E-state index contributed by atoms with van der Waals surface area (Å²) in [5.41, 5.74) is 1.46. The molecule has 1 amide bonds. The van der Waals surface area contributed by atoms with Crippen LogP contribution in [0.4, 0.5) is 4.39 Å². The second-order valence-electron chi connectivity index (χ2n) is 6.22. The van der Waals surface area contributed by atoms with Crippen molar-refractivity contribution in [3.8, 4) is 5.69 Å². The number of aromatic nitrogens is 2. The zero-order chi connectivity index (χ0) is 18.3. The SMILES string of the molecule is Cc1nn(-c2ccc(F)cc2)c2sc(C(=O)OCC(=O)NC3CC3)cc12. The second-order valence-corrected chi connectivity index (χ2v) is 7.25. The van der Waals surface area contributed by atoms with Crippen molar-refractivity contribution in [2.75, 3.05) is 6.61 Å². The van der Waals surface area contributed by atoms with Crippen LogP contribution in [0.1, 0.15) is 28.2 Å². The number of ether oxygens (including phenoxy) is 1. The van der Waals surface area contributed by atoms with Crippen LogP contribution in [0.5, 0.6) is 0 Å². The molecule has 0 bridgehead atoms. The Labute approximate surface area is 152 Å². The van der Waals surface area contributed by atoms with Crippen LogP contribution in [0.15, 0.2) is 30.3 Å². The molecule has 0 spiro atoms. The number of aryl methyl sites for hydroxylation is 1. The molecule has 1 aliphatic rings. The van der Waals surface area contributed by atoms with Crippen molar-refractivity contribution in [1.29, 1.82) is 0 Å². The number of esters is 1. The fourth-order valence-corrected chi connectivity index (χ4v) is 3.68. The Morgan fingerprint density at radius 1 is 1.35 bits per heavy atom. The molecular formula is C18H16FN3O3S. The van der Waals surface area contributed by atoms with Crippen LogP contribution in [0, 0.1) is 12.7 Å². The lowest BCUT2D eigenvalue weighted by Gasteiger charge is -2.04. The molecule has 1 aliphatic carbocycles. The van der Waals surface area contributed by atoms with Crippen LogP contribution >= 0.6 is 11.3 Å². The Bertz CT molecular complexity index is 989. The molecule has 0 saturated heterocycles. The van der Waals surface area contributed by atoms with Crippen LogP contribution in [0.3, 0.4) is 0 Å². The van der Waals surface area contributed by atoms with Gasteiger partial charge in [0, 0.05) is 11.4 Å². The maximum atomic E-state index is 13.1. The van der Waals surface area contributed by atoms with Crippen molar-refractivity contribution in [1.82, 2.24) is 15.1 Å². The summed E-state index contributed by atoms with van der Waals surface area (Å²) in [5, 5.41) is 8.05. The average Bonchev–Trinajstić information content (AvgIpc) is 3.23. The number of amides is 1. The van der Waals surface area contributed by atoms with E-state index in [0.29, 0.717) is 10.6 Å². The highest BCUT2D eigenvalue weighted by molar-refractivity contribution is 7.20. The summed E-state index contributed by atoms with van der Waals surface area (Å²) < 4.78 is 19.9. The highest BCUT2D eigenvalue weighted by Crippen LogP contribution is 2.30. The van der Waals surface area contributed by atoms with E-state index in [1.54, 1.807) is 22.9 Å². The first-order valence-electron chi connectivity index (χ1n) is 8.23. The molecule has 4 rings (SSSR count). The number of hydrogen-bond donors (Lipinski definition) is 1. The molecule has 1 saturated carbocycles. The third kappa shape index (κ3) is 3.32. The highest BCUT2D eigenvalue weighted by Gasteiger charge is 2.24. The largest absolute Gasteiger partial charge is 0.451 e. The topological polar surface area (TPSA) is 73.2 Å². The van der Waals surface area contributed by atoms with Crippen molar-refractivity contribution < 1.29 is 18.7 Å². The smallest absolute Gasteiger partial charge is 0.348 e. The summed E-state index contributed by atoms with van der Waals surface area (Å²) in [6, 6.07) is 7.92. The lowest BCUT2D eigenvalue weighted by atomic mass is 10.3. The molecule has 1 aromatic carbocycles. The first kappa shape index (κ1) is 16.7. The summed E-state index contributed by atoms with van der Waals surface area (Å²) in [4.78, 5) is 25.1. The maximum Gasteiger partial charge on any atom is 0.348 e. The van der Waals surface area contributed by atoms with Gasteiger partial charge in [0.2, 0.25) is 0 Å². The van der Waals surface area contributed by atoms with E-state index >= 15 is 0 Å². The molecule has 2 heterocycles. The lowest BCUT2D eigenvalue weighted by molar-refractivity contribution is -0.124. The number of benzene rings is 1. The van der Waals surface area contributed by atoms with Gasteiger partial charge in [0.1, 0.15) is 15.5 Å². The zero-order valence-corrected chi connectivity index (χ0v) is 14.8. The molecule has 0 atom stereocenters. The molecule has 0 unspecified atom stereocenters. The Morgan fingerprint density at radius 2 is 2.08 bits per heavy atom. The predicted molar refractivity (Wildman–Crippen MR) is 95.1 cm³/mol. The number of carbonyl (C=O) groups is 2. The molecule has 1 fully saturated rings. The standard InChI is InChI=1S/C18H16FN3O3S/c1-10-14-8-15(18(24)25-9-16(23)20-12-4-5-12)26-17(14)22(21-10)13-6-2-11(19)3-7-13/h2-3,6-8,12H,4-5,9H2,1H3,(H,20,23). The average molecular weight is 373 g/mol. The first-order valence-corrected chi connectivity index (χ1v) is 9.04. The van der Waals surface area contributed by atoms with Crippen molar-refractivity contribution >= 4 is 33.4 Å². The molecular weight excluding hydrogens is 357 g/mol. The minimum absolute atomic E-state index is 0.231. The molecule has 2 aromatic heterocycles. The summed E-state index contributed by atoms with van der Waals surface area (Å²) in [7, 11) is 0. The van der Waals surface area contributed by atoms with E-state index in [4.69, 9.17) is 4.74 Å². The summed E-state index contributed by atoms with van der Waals surface area (Å²) >= 11 is 1.23. The van der Waals surface area contributed by atoms with Gasteiger partial charge < -0.3 is 10.1 Å².